The van der Waals surface area contributed by atoms with E-state index in [0.717, 1.165) is 5.75 Å². The summed E-state index contributed by atoms with van der Waals surface area (Å²) in [5.41, 5.74) is 0. The van der Waals surface area contributed by atoms with Crippen LogP contribution < -0.4 is 0 Å². The monoisotopic (exact) mass is 278 g/mol. The van der Waals surface area contributed by atoms with Gasteiger partial charge in [0.15, 0.2) is 0 Å². The summed E-state index contributed by atoms with van der Waals surface area (Å²) in [5.74, 6) is 2.44. The molecular weight excluding hydrogens is 260 g/mol. The number of thioether (sulfide) groups is 1. The molecule has 1 aliphatic heterocycles. The number of alkyl halides is 1. The fourth-order valence-corrected chi connectivity index (χ4v) is 2.42. The van der Waals surface area contributed by atoms with Crippen molar-refractivity contribution in [2.75, 3.05) is 25.2 Å². The van der Waals surface area contributed by atoms with Crippen LogP contribution in [0.2, 0.25) is 0 Å². The molecule has 4 nitrogen and oxygen atoms in total. The van der Waals surface area contributed by atoms with Crippen LogP contribution in [-0.2, 0) is 9.47 Å². The first kappa shape index (κ1) is 14.6. The zero-order valence-electron chi connectivity index (χ0n) is 10.6. The van der Waals surface area contributed by atoms with Crippen LogP contribution in [0.1, 0.15) is 13.8 Å². The summed E-state index contributed by atoms with van der Waals surface area (Å²) in [6.45, 7) is 4.17. The van der Waals surface area contributed by atoms with E-state index in [1.54, 1.807) is 26.0 Å². The van der Waals surface area contributed by atoms with Crippen LogP contribution in [0.15, 0.2) is 9.98 Å². The molecule has 2 atom stereocenters. The molecule has 0 spiro atoms. The molecule has 1 rings (SSSR count). The van der Waals surface area contributed by atoms with Crippen molar-refractivity contribution in [3.63, 3.8) is 0 Å². The van der Waals surface area contributed by atoms with Crippen molar-refractivity contribution in [1.82, 2.24) is 0 Å². The average Bonchev–Trinajstić information content (AvgIpc) is 2.34. The van der Waals surface area contributed by atoms with Crippen LogP contribution in [0.4, 0.5) is 0 Å². The fraction of sp³-hybridized carbons (Fsp3) is 0.818. The van der Waals surface area contributed by atoms with Gasteiger partial charge in [0.1, 0.15) is 12.1 Å². The molecule has 0 saturated carbocycles. The van der Waals surface area contributed by atoms with Gasteiger partial charge in [0.25, 0.3) is 0 Å². The zero-order chi connectivity index (χ0) is 12.8. The molecule has 0 aromatic rings. The van der Waals surface area contributed by atoms with Gasteiger partial charge in [-0.05, 0) is 5.92 Å². The summed E-state index contributed by atoms with van der Waals surface area (Å²) in [6.07, 6.45) is 0. The van der Waals surface area contributed by atoms with Gasteiger partial charge in [0, 0.05) is 5.75 Å². The Morgan fingerprint density at radius 1 is 1.24 bits per heavy atom. The lowest BCUT2D eigenvalue weighted by atomic mass is 10.0. The minimum absolute atomic E-state index is 0.0489. The van der Waals surface area contributed by atoms with E-state index < -0.39 is 0 Å². The lowest BCUT2D eigenvalue weighted by molar-refractivity contribution is 0.336. The summed E-state index contributed by atoms with van der Waals surface area (Å²) in [5, 5.41) is 0.541. The Hall–Kier alpha value is -0.420. The maximum atomic E-state index is 5.66. The maximum absolute atomic E-state index is 5.66. The highest BCUT2D eigenvalue weighted by atomic mass is 35.5. The fourth-order valence-electron chi connectivity index (χ4n) is 1.62. The van der Waals surface area contributed by atoms with Crippen molar-refractivity contribution < 1.29 is 9.47 Å². The number of hydrogen-bond donors (Lipinski definition) is 0. The van der Waals surface area contributed by atoms with Gasteiger partial charge in [0.05, 0.1) is 19.4 Å². The van der Waals surface area contributed by atoms with Crippen LogP contribution in [0.5, 0.6) is 0 Å². The van der Waals surface area contributed by atoms with Crippen molar-refractivity contribution in [3.05, 3.63) is 0 Å². The minimum atomic E-state index is -0.0892. The van der Waals surface area contributed by atoms with Gasteiger partial charge >= 0.3 is 0 Å². The largest absolute Gasteiger partial charge is 0.483 e. The highest BCUT2D eigenvalue weighted by molar-refractivity contribution is 8.00. The first-order valence-electron chi connectivity index (χ1n) is 5.51. The lowest BCUT2D eigenvalue weighted by Gasteiger charge is -2.26. The van der Waals surface area contributed by atoms with Crippen LogP contribution in [-0.4, -0.2) is 49.1 Å². The normalized spacial score (nSPS) is 24.4. The van der Waals surface area contributed by atoms with Crippen molar-refractivity contribution >= 4 is 35.2 Å². The summed E-state index contributed by atoms with van der Waals surface area (Å²) in [4.78, 5) is 9.12. The Balaban J connectivity index is 2.86. The van der Waals surface area contributed by atoms with E-state index in [9.17, 15) is 0 Å². The standard InChI is InChI=1S/C11H19ClN2O2S/c1-7(2)9-11(16-4)13-8(5-17-6-12)10(14-9)15-3/h7-9H,5-6H2,1-4H3/t8-,9-/m1/s1. The van der Waals surface area contributed by atoms with Crippen molar-refractivity contribution in [3.8, 4) is 0 Å². The zero-order valence-corrected chi connectivity index (χ0v) is 12.2. The van der Waals surface area contributed by atoms with Crippen molar-refractivity contribution in [1.29, 1.82) is 0 Å². The number of ether oxygens (including phenoxy) is 2. The number of aliphatic imine (C=N–C) groups is 2. The number of nitrogens with zero attached hydrogens (tertiary/aromatic N) is 2. The Labute approximate surface area is 112 Å². The van der Waals surface area contributed by atoms with Gasteiger partial charge in [0.2, 0.25) is 11.8 Å². The molecular formula is C11H19ClN2O2S. The average molecular weight is 279 g/mol. The first-order valence-corrected chi connectivity index (χ1v) is 7.20. The maximum Gasteiger partial charge on any atom is 0.210 e. The Morgan fingerprint density at radius 3 is 2.35 bits per heavy atom. The third-order valence-electron chi connectivity index (χ3n) is 2.49. The number of methoxy groups -OCH3 is 2. The van der Waals surface area contributed by atoms with Crippen LogP contribution in [0.3, 0.4) is 0 Å². The Morgan fingerprint density at radius 2 is 1.88 bits per heavy atom. The molecule has 0 N–H and O–H groups in total. The highest BCUT2D eigenvalue weighted by Crippen LogP contribution is 2.20. The smallest absolute Gasteiger partial charge is 0.210 e. The van der Waals surface area contributed by atoms with Gasteiger partial charge in [-0.3, -0.25) is 0 Å². The molecule has 0 unspecified atom stereocenters. The molecule has 0 aliphatic carbocycles. The summed E-state index contributed by atoms with van der Waals surface area (Å²) >= 11 is 7.26. The second-order valence-electron chi connectivity index (χ2n) is 4.03. The predicted octanol–water partition coefficient (Wildman–Crippen LogP) is 2.41. The molecule has 0 aromatic carbocycles. The SMILES string of the molecule is COC1=N[C@H](C(C)C)C(OC)=N[C@@H]1CSCCl. The topological polar surface area (TPSA) is 43.2 Å². The van der Waals surface area contributed by atoms with E-state index in [1.807, 2.05) is 0 Å². The first-order chi connectivity index (χ1) is 8.13. The van der Waals surface area contributed by atoms with Gasteiger partial charge in [-0.2, -0.15) is 0 Å². The molecule has 0 bridgehead atoms. The van der Waals surface area contributed by atoms with E-state index in [-0.39, 0.29) is 12.1 Å². The summed E-state index contributed by atoms with van der Waals surface area (Å²) in [6, 6.07) is -0.138. The van der Waals surface area contributed by atoms with E-state index >= 15 is 0 Å². The molecule has 6 heteroatoms. The Bertz CT molecular complexity index is 308. The second kappa shape index (κ2) is 7.11. The Kier molecular flexibility index (Phi) is 6.12. The third kappa shape index (κ3) is 3.78. The van der Waals surface area contributed by atoms with Crippen LogP contribution in [0.25, 0.3) is 0 Å². The molecule has 0 aromatic heterocycles. The highest BCUT2D eigenvalue weighted by Gasteiger charge is 2.30. The quantitative estimate of drug-likeness (QED) is 0.742. The third-order valence-corrected chi connectivity index (χ3v) is 3.66. The van der Waals surface area contributed by atoms with Gasteiger partial charge in [-0.25, -0.2) is 9.98 Å². The van der Waals surface area contributed by atoms with E-state index in [2.05, 4.69) is 23.8 Å². The van der Waals surface area contributed by atoms with Crippen LogP contribution in [0, 0.1) is 5.92 Å². The number of rotatable bonds is 4. The molecule has 0 fully saturated rings. The lowest BCUT2D eigenvalue weighted by Crippen LogP contribution is -2.38. The summed E-state index contributed by atoms with van der Waals surface area (Å²) < 4.78 is 10.6. The van der Waals surface area contributed by atoms with Crippen molar-refractivity contribution in [2.24, 2.45) is 15.9 Å². The molecule has 1 aliphatic rings. The molecule has 0 radical (unpaired) electrons. The minimum Gasteiger partial charge on any atom is -0.483 e. The molecule has 98 valence electrons. The van der Waals surface area contributed by atoms with E-state index in [1.165, 1.54) is 0 Å². The second-order valence-corrected chi connectivity index (χ2v) is 5.64. The van der Waals surface area contributed by atoms with Gasteiger partial charge in [-0.1, -0.05) is 13.8 Å². The van der Waals surface area contributed by atoms with Crippen LogP contribution >= 0.6 is 23.4 Å². The molecule has 0 amide bonds. The van der Waals surface area contributed by atoms with Gasteiger partial charge in [-0.15, -0.1) is 23.4 Å². The van der Waals surface area contributed by atoms with Crippen molar-refractivity contribution in [2.45, 2.75) is 25.9 Å². The summed E-state index contributed by atoms with van der Waals surface area (Å²) in [7, 11) is 3.26. The molecule has 1 heterocycles. The molecule has 17 heavy (non-hydrogen) atoms. The van der Waals surface area contributed by atoms with E-state index in [4.69, 9.17) is 21.1 Å². The number of halogens is 1. The molecule has 0 saturated heterocycles. The predicted molar refractivity (Wildman–Crippen MR) is 74.5 cm³/mol. The van der Waals surface area contributed by atoms with E-state index in [0.29, 0.717) is 22.9 Å². The number of hydrogen-bond acceptors (Lipinski definition) is 5. The van der Waals surface area contributed by atoms with Gasteiger partial charge < -0.3 is 9.47 Å².